The summed E-state index contributed by atoms with van der Waals surface area (Å²) in [4.78, 5) is 0. The summed E-state index contributed by atoms with van der Waals surface area (Å²) in [6.07, 6.45) is 21.2. The second-order valence-corrected chi connectivity index (χ2v) is 8.73. The summed E-state index contributed by atoms with van der Waals surface area (Å²) in [7, 11) is -1.91. The van der Waals surface area contributed by atoms with Crippen molar-refractivity contribution in [1.29, 1.82) is 0 Å². The summed E-state index contributed by atoms with van der Waals surface area (Å²) in [5.74, 6) is 0. The SMILES string of the molecule is CCCCCCCC/C=C\CCCCCCCCC(O)(CO)COB(O)O.OCC(O)CO. The number of aliphatic hydroxyl groups excluding tert-OH is 4. The minimum absolute atomic E-state index is 0.272. The first-order chi connectivity index (χ1) is 15.8. The van der Waals surface area contributed by atoms with Gasteiger partial charge in [0.2, 0.25) is 0 Å². The monoisotopic (exact) mass is 478 g/mol. The molecule has 198 valence electrons. The molecule has 0 aromatic heterocycles. The van der Waals surface area contributed by atoms with Gasteiger partial charge in [0.15, 0.2) is 0 Å². The van der Waals surface area contributed by atoms with Gasteiger partial charge in [0.25, 0.3) is 0 Å². The largest absolute Gasteiger partial charge is 0.634 e. The normalized spacial score (nSPS) is 13.2. The number of hydrogen-bond acceptors (Lipinski definition) is 8. The lowest BCUT2D eigenvalue weighted by Crippen LogP contribution is -2.41. The number of allylic oxidation sites excluding steroid dienone is 2. The quantitative estimate of drug-likeness (QED) is 0.0712. The van der Waals surface area contributed by atoms with Gasteiger partial charge in [0, 0.05) is 0 Å². The second kappa shape index (κ2) is 26.1. The Morgan fingerprint density at radius 3 is 1.61 bits per heavy atom. The molecule has 0 aliphatic carbocycles. The molecule has 0 aromatic rings. The van der Waals surface area contributed by atoms with E-state index < -0.39 is 25.6 Å². The van der Waals surface area contributed by atoms with E-state index >= 15 is 0 Å². The van der Waals surface area contributed by atoms with Crippen LogP contribution in [0.1, 0.15) is 103 Å². The van der Waals surface area contributed by atoms with Crippen molar-refractivity contribution in [1.82, 2.24) is 0 Å². The van der Waals surface area contributed by atoms with Crippen molar-refractivity contribution in [2.75, 3.05) is 26.4 Å². The summed E-state index contributed by atoms with van der Waals surface area (Å²) in [6, 6.07) is 0. The van der Waals surface area contributed by atoms with Crippen LogP contribution in [0.2, 0.25) is 0 Å². The third kappa shape index (κ3) is 27.6. The third-order valence-corrected chi connectivity index (χ3v) is 5.37. The zero-order chi connectivity index (χ0) is 25.2. The van der Waals surface area contributed by atoms with E-state index in [0.717, 1.165) is 19.3 Å². The van der Waals surface area contributed by atoms with Crippen LogP contribution in [0, 0.1) is 0 Å². The van der Waals surface area contributed by atoms with E-state index in [2.05, 4.69) is 23.7 Å². The van der Waals surface area contributed by atoms with Crippen LogP contribution in [-0.2, 0) is 4.65 Å². The number of rotatable bonds is 22. The Kier molecular flexibility index (Phi) is 27.4. The standard InChI is InChI=1S/C21H43BO5.C3H8O3/c1-2-3-4-5-6-7-8-9-10-11-12-13-14-15-16-17-18-21(24,19-23)20-27-22(25)26;4-1-3(6)2-5/h9-10,23-26H,2-8,11-20H2,1H3;3-6H,1-2H2/b10-9-;. The maximum absolute atomic E-state index is 10.1. The molecular weight excluding hydrogens is 427 g/mol. The molecule has 8 nitrogen and oxygen atoms in total. The predicted octanol–water partition coefficient (Wildman–Crippen LogP) is 2.46. The average molecular weight is 478 g/mol. The Morgan fingerprint density at radius 1 is 0.758 bits per heavy atom. The summed E-state index contributed by atoms with van der Waals surface area (Å²) < 4.78 is 4.57. The molecule has 0 fully saturated rings. The lowest BCUT2D eigenvalue weighted by Gasteiger charge is -2.25. The fourth-order valence-corrected chi connectivity index (χ4v) is 3.19. The second-order valence-electron chi connectivity index (χ2n) is 8.73. The highest BCUT2D eigenvalue weighted by Gasteiger charge is 2.27. The molecule has 0 aromatic carbocycles. The van der Waals surface area contributed by atoms with E-state index in [1.807, 2.05) is 0 Å². The molecule has 0 spiro atoms. The van der Waals surface area contributed by atoms with E-state index in [9.17, 15) is 10.2 Å². The van der Waals surface area contributed by atoms with Crippen LogP contribution in [0.3, 0.4) is 0 Å². The van der Waals surface area contributed by atoms with Crippen LogP contribution >= 0.6 is 0 Å². The molecule has 0 amide bonds. The van der Waals surface area contributed by atoms with Gasteiger partial charge in [0.1, 0.15) is 11.7 Å². The van der Waals surface area contributed by atoms with Crippen LogP contribution < -0.4 is 0 Å². The topological polar surface area (TPSA) is 151 Å². The molecule has 0 saturated carbocycles. The molecule has 0 aliphatic rings. The van der Waals surface area contributed by atoms with Crippen molar-refractivity contribution in [3.8, 4) is 0 Å². The maximum Gasteiger partial charge on any atom is 0.634 e. The van der Waals surface area contributed by atoms with Crippen LogP contribution in [0.5, 0.6) is 0 Å². The zero-order valence-corrected chi connectivity index (χ0v) is 20.8. The third-order valence-electron chi connectivity index (χ3n) is 5.37. The molecule has 0 rings (SSSR count). The van der Waals surface area contributed by atoms with E-state index in [1.165, 1.54) is 70.6 Å². The zero-order valence-electron chi connectivity index (χ0n) is 20.8. The Labute approximate surface area is 201 Å². The van der Waals surface area contributed by atoms with E-state index in [0.29, 0.717) is 6.42 Å². The molecule has 7 N–H and O–H groups in total. The van der Waals surface area contributed by atoms with Gasteiger partial charge < -0.3 is 40.2 Å². The highest BCUT2D eigenvalue weighted by atomic mass is 16.6. The summed E-state index contributed by atoms with van der Waals surface area (Å²) in [6.45, 7) is 0.812. The van der Waals surface area contributed by atoms with Crippen molar-refractivity contribution in [2.45, 2.75) is 115 Å². The molecule has 0 heterocycles. The van der Waals surface area contributed by atoms with Gasteiger partial charge in [-0.25, -0.2) is 0 Å². The van der Waals surface area contributed by atoms with Crippen LogP contribution in [0.4, 0.5) is 0 Å². The predicted molar refractivity (Wildman–Crippen MR) is 132 cm³/mol. The Balaban J connectivity index is 0. The Bertz CT molecular complexity index is 408. The summed E-state index contributed by atoms with van der Waals surface area (Å²) in [5, 5.41) is 60.6. The summed E-state index contributed by atoms with van der Waals surface area (Å²) in [5.41, 5.74) is -1.38. The van der Waals surface area contributed by atoms with Gasteiger partial charge in [-0.1, -0.05) is 83.3 Å². The van der Waals surface area contributed by atoms with Crippen LogP contribution in [0.15, 0.2) is 12.2 Å². The minimum atomic E-state index is -1.91. The smallest absolute Gasteiger partial charge is 0.402 e. The highest BCUT2D eigenvalue weighted by molar-refractivity contribution is 6.32. The number of aliphatic hydroxyl groups is 5. The van der Waals surface area contributed by atoms with E-state index in [-0.39, 0.29) is 19.8 Å². The fraction of sp³-hybridized carbons (Fsp3) is 0.917. The molecule has 0 aliphatic heterocycles. The first-order valence-electron chi connectivity index (χ1n) is 12.7. The lowest BCUT2D eigenvalue weighted by molar-refractivity contribution is -0.0637. The van der Waals surface area contributed by atoms with E-state index in [4.69, 9.17) is 25.4 Å². The van der Waals surface area contributed by atoms with Gasteiger partial charge in [-0.3, -0.25) is 0 Å². The van der Waals surface area contributed by atoms with Crippen molar-refractivity contribution in [2.24, 2.45) is 0 Å². The molecule has 0 bridgehead atoms. The molecule has 1 unspecified atom stereocenters. The first kappa shape index (κ1) is 34.7. The maximum atomic E-state index is 10.1. The number of hydrogen-bond donors (Lipinski definition) is 7. The van der Waals surface area contributed by atoms with Crippen molar-refractivity contribution in [3.63, 3.8) is 0 Å². The van der Waals surface area contributed by atoms with Gasteiger partial charge in [-0.15, -0.1) is 0 Å². The Morgan fingerprint density at radius 2 is 1.21 bits per heavy atom. The van der Waals surface area contributed by atoms with Crippen molar-refractivity contribution >= 4 is 7.32 Å². The summed E-state index contributed by atoms with van der Waals surface area (Å²) >= 11 is 0. The van der Waals surface area contributed by atoms with E-state index in [1.54, 1.807) is 0 Å². The van der Waals surface area contributed by atoms with Gasteiger partial charge >= 0.3 is 7.32 Å². The number of unbranched alkanes of at least 4 members (excludes halogenated alkanes) is 12. The molecule has 1 atom stereocenters. The minimum Gasteiger partial charge on any atom is -0.402 e. The molecule has 33 heavy (non-hydrogen) atoms. The first-order valence-corrected chi connectivity index (χ1v) is 12.7. The van der Waals surface area contributed by atoms with Crippen molar-refractivity contribution < 1.29 is 40.2 Å². The van der Waals surface area contributed by atoms with Gasteiger partial charge in [-0.2, -0.15) is 0 Å². The fourth-order valence-electron chi connectivity index (χ4n) is 3.19. The lowest BCUT2D eigenvalue weighted by atomic mass is 9.96. The highest BCUT2D eigenvalue weighted by Crippen LogP contribution is 2.17. The molecular formula is C24H51BO8. The molecule has 9 heteroatoms. The van der Waals surface area contributed by atoms with Gasteiger partial charge in [0.05, 0.1) is 26.4 Å². The van der Waals surface area contributed by atoms with Crippen LogP contribution in [0.25, 0.3) is 0 Å². The Hall–Kier alpha value is -0.515. The van der Waals surface area contributed by atoms with Gasteiger partial charge in [-0.05, 0) is 32.1 Å². The molecule has 0 saturated heterocycles. The molecule has 0 radical (unpaired) electrons. The average Bonchev–Trinajstić information content (AvgIpc) is 2.82. The van der Waals surface area contributed by atoms with Crippen molar-refractivity contribution in [3.05, 3.63) is 12.2 Å². The van der Waals surface area contributed by atoms with Crippen LogP contribution in [-0.4, -0.2) is 81.0 Å².